The summed E-state index contributed by atoms with van der Waals surface area (Å²) >= 11 is 0. The standard InChI is InChI=1S/C14H20N2Si/c1-12-15-9-10-16(12)11-13-5-7-14(8-6-13)17(2,3)4/h5-10H,11H2,1-4H3. The Balaban J connectivity index is 2.17. The summed E-state index contributed by atoms with van der Waals surface area (Å²) in [5, 5.41) is 1.52. The minimum absolute atomic E-state index is 0.914. The number of rotatable bonds is 3. The van der Waals surface area contributed by atoms with Gasteiger partial charge in [0, 0.05) is 18.9 Å². The smallest absolute Gasteiger partial charge is 0.105 e. The second-order valence-corrected chi connectivity index (χ2v) is 10.6. The van der Waals surface area contributed by atoms with E-state index in [-0.39, 0.29) is 0 Å². The zero-order valence-corrected chi connectivity index (χ0v) is 12.1. The van der Waals surface area contributed by atoms with Crippen molar-refractivity contribution in [2.24, 2.45) is 0 Å². The fourth-order valence-electron chi connectivity index (χ4n) is 1.88. The molecule has 0 bridgehead atoms. The molecule has 0 atom stereocenters. The van der Waals surface area contributed by atoms with Crippen LogP contribution in [0.4, 0.5) is 0 Å². The largest absolute Gasteiger partial charge is 0.331 e. The Morgan fingerprint density at radius 2 is 1.76 bits per heavy atom. The zero-order chi connectivity index (χ0) is 12.5. The molecule has 2 rings (SSSR count). The SMILES string of the molecule is Cc1nccn1Cc1ccc([Si](C)(C)C)cc1. The summed E-state index contributed by atoms with van der Waals surface area (Å²) < 4.78 is 2.17. The van der Waals surface area contributed by atoms with Crippen molar-refractivity contribution in [1.29, 1.82) is 0 Å². The third-order valence-electron chi connectivity index (χ3n) is 3.10. The third kappa shape index (κ3) is 2.85. The van der Waals surface area contributed by atoms with E-state index in [2.05, 4.69) is 53.5 Å². The Hall–Kier alpha value is -1.35. The summed E-state index contributed by atoms with van der Waals surface area (Å²) in [7, 11) is -1.17. The van der Waals surface area contributed by atoms with Crippen molar-refractivity contribution in [3.05, 3.63) is 48.0 Å². The van der Waals surface area contributed by atoms with Gasteiger partial charge >= 0.3 is 0 Å². The highest BCUT2D eigenvalue weighted by Crippen LogP contribution is 2.07. The van der Waals surface area contributed by atoms with Gasteiger partial charge in [-0.2, -0.15) is 0 Å². The molecule has 0 saturated heterocycles. The van der Waals surface area contributed by atoms with Crippen LogP contribution in [0.2, 0.25) is 19.6 Å². The van der Waals surface area contributed by atoms with Crippen LogP contribution in [0.25, 0.3) is 0 Å². The first-order valence-electron chi connectivity index (χ1n) is 6.04. The molecule has 2 aromatic rings. The number of hydrogen-bond acceptors (Lipinski definition) is 1. The molecule has 0 unspecified atom stereocenters. The first kappa shape index (κ1) is 12.1. The van der Waals surface area contributed by atoms with Gasteiger partial charge in [0.05, 0.1) is 8.07 Å². The van der Waals surface area contributed by atoms with Gasteiger partial charge in [-0.05, 0) is 12.5 Å². The Bertz CT molecular complexity index is 492. The van der Waals surface area contributed by atoms with Crippen molar-refractivity contribution >= 4 is 13.3 Å². The van der Waals surface area contributed by atoms with E-state index >= 15 is 0 Å². The van der Waals surface area contributed by atoms with E-state index in [9.17, 15) is 0 Å². The van der Waals surface area contributed by atoms with Crippen LogP contribution in [0, 0.1) is 6.92 Å². The number of benzene rings is 1. The van der Waals surface area contributed by atoms with Crippen LogP contribution in [0.3, 0.4) is 0 Å². The Morgan fingerprint density at radius 3 is 2.24 bits per heavy atom. The summed E-state index contributed by atoms with van der Waals surface area (Å²) in [6.07, 6.45) is 3.88. The second-order valence-electron chi connectivity index (χ2n) is 5.55. The molecule has 1 heterocycles. The molecule has 0 amide bonds. The van der Waals surface area contributed by atoms with Gasteiger partial charge in [-0.15, -0.1) is 0 Å². The highest BCUT2D eigenvalue weighted by atomic mass is 28.3. The molecular formula is C14H20N2Si. The van der Waals surface area contributed by atoms with Crippen LogP contribution in [-0.4, -0.2) is 17.6 Å². The Morgan fingerprint density at radius 1 is 1.12 bits per heavy atom. The average Bonchev–Trinajstić information content (AvgIpc) is 2.64. The van der Waals surface area contributed by atoms with Crippen molar-refractivity contribution in [3.8, 4) is 0 Å². The molecule has 1 aromatic carbocycles. The quantitative estimate of drug-likeness (QED) is 0.759. The lowest BCUT2D eigenvalue weighted by Crippen LogP contribution is -2.37. The molecule has 0 aliphatic carbocycles. The van der Waals surface area contributed by atoms with E-state index in [1.54, 1.807) is 0 Å². The number of nitrogens with zero attached hydrogens (tertiary/aromatic N) is 2. The molecule has 17 heavy (non-hydrogen) atoms. The number of aromatic nitrogens is 2. The summed E-state index contributed by atoms with van der Waals surface area (Å²) in [6.45, 7) is 10.1. The number of aryl methyl sites for hydroxylation is 1. The Labute approximate surface area is 104 Å². The summed E-state index contributed by atoms with van der Waals surface area (Å²) in [6, 6.07) is 9.06. The van der Waals surface area contributed by atoms with Crippen molar-refractivity contribution in [3.63, 3.8) is 0 Å². The predicted molar refractivity (Wildman–Crippen MR) is 75.5 cm³/mol. The summed E-state index contributed by atoms with van der Waals surface area (Å²) in [5.74, 6) is 1.07. The van der Waals surface area contributed by atoms with Gasteiger partial charge in [-0.1, -0.05) is 49.1 Å². The molecule has 3 heteroatoms. The van der Waals surface area contributed by atoms with Gasteiger partial charge < -0.3 is 4.57 Å². The zero-order valence-electron chi connectivity index (χ0n) is 11.1. The first-order chi connectivity index (χ1) is 7.97. The maximum absolute atomic E-state index is 4.24. The van der Waals surface area contributed by atoms with E-state index in [4.69, 9.17) is 0 Å². The van der Waals surface area contributed by atoms with Crippen LogP contribution < -0.4 is 5.19 Å². The van der Waals surface area contributed by atoms with Crippen LogP contribution in [0.1, 0.15) is 11.4 Å². The molecule has 0 N–H and O–H groups in total. The summed E-state index contributed by atoms with van der Waals surface area (Å²) in [4.78, 5) is 4.24. The van der Waals surface area contributed by atoms with Gasteiger partial charge in [0.15, 0.2) is 0 Å². The van der Waals surface area contributed by atoms with E-state index in [0.717, 1.165) is 12.4 Å². The molecule has 0 aliphatic rings. The lowest BCUT2D eigenvalue weighted by molar-refractivity contribution is 0.762. The van der Waals surface area contributed by atoms with E-state index < -0.39 is 8.07 Å². The van der Waals surface area contributed by atoms with Crippen LogP contribution in [-0.2, 0) is 6.54 Å². The van der Waals surface area contributed by atoms with Gasteiger partial charge in [0.25, 0.3) is 0 Å². The average molecular weight is 244 g/mol. The fourth-order valence-corrected chi connectivity index (χ4v) is 3.04. The predicted octanol–water partition coefficient (Wildman–Crippen LogP) is 2.79. The Kier molecular flexibility index (Phi) is 3.20. The van der Waals surface area contributed by atoms with Gasteiger partial charge in [-0.3, -0.25) is 0 Å². The molecular weight excluding hydrogens is 224 g/mol. The van der Waals surface area contributed by atoms with Gasteiger partial charge in [0.2, 0.25) is 0 Å². The molecule has 0 fully saturated rings. The van der Waals surface area contributed by atoms with Crippen LogP contribution in [0.15, 0.2) is 36.7 Å². The minimum atomic E-state index is -1.17. The molecule has 90 valence electrons. The normalized spacial score (nSPS) is 11.8. The number of hydrogen-bond donors (Lipinski definition) is 0. The van der Waals surface area contributed by atoms with Crippen molar-refractivity contribution in [1.82, 2.24) is 9.55 Å². The molecule has 0 radical (unpaired) electrons. The molecule has 2 nitrogen and oxygen atoms in total. The van der Waals surface area contributed by atoms with Crippen LogP contribution >= 0.6 is 0 Å². The topological polar surface area (TPSA) is 17.8 Å². The van der Waals surface area contributed by atoms with Crippen molar-refractivity contribution in [2.75, 3.05) is 0 Å². The first-order valence-corrected chi connectivity index (χ1v) is 9.54. The van der Waals surface area contributed by atoms with Crippen LogP contribution in [0.5, 0.6) is 0 Å². The van der Waals surface area contributed by atoms with E-state index in [1.165, 1.54) is 10.8 Å². The monoisotopic (exact) mass is 244 g/mol. The van der Waals surface area contributed by atoms with E-state index in [1.807, 2.05) is 19.3 Å². The maximum Gasteiger partial charge on any atom is 0.105 e. The molecule has 0 aliphatic heterocycles. The van der Waals surface area contributed by atoms with Crippen molar-refractivity contribution < 1.29 is 0 Å². The fraction of sp³-hybridized carbons (Fsp3) is 0.357. The molecule has 1 aromatic heterocycles. The lowest BCUT2D eigenvalue weighted by Gasteiger charge is -2.17. The minimum Gasteiger partial charge on any atom is -0.331 e. The highest BCUT2D eigenvalue weighted by molar-refractivity contribution is 6.88. The second kappa shape index (κ2) is 4.49. The van der Waals surface area contributed by atoms with Crippen molar-refractivity contribution in [2.45, 2.75) is 33.1 Å². The lowest BCUT2D eigenvalue weighted by atomic mass is 10.2. The highest BCUT2D eigenvalue weighted by Gasteiger charge is 2.15. The molecule has 0 saturated carbocycles. The van der Waals surface area contributed by atoms with Gasteiger partial charge in [-0.25, -0.2) is 4.98 Å². The molecule has 0 spiro atoms. The summed E-state index contributed by atoms with van der Waals surface area (Å²) in [5.41, 5.74) is 1.34. The van der Waals surface area contributed by atoms with Gasteiger partial charge in [0.1, 0.15) is 5.82 Å². The maximum atomic E-state index is 4.24. The number of imidazole rings is 1. The van der Waals surface area contributed by atoms with E-state index in [0.29, 0.717) is 0 Å². The third-order valence-corrected chi connectivity index (χ3v) is 5.16.